The second-order valence-corrected chi connectivity index (χ2v) is 7.17. The second kappa shape index (κ2) is 7.32. The molecule has 0 bridgehead atoms. The smallest absolute Gasteiger partial charge is 0.222 e. The van der Waals surface area contributed by atoms with Gasteiger partial charge in [0.05, 0.1) is 0 Å². The number of nitrogens with zero attached hydrogens (tertiary/aromatic N) is 3. The Morgan fingerprint density at radius 2 is 2.23 bits per heavy atom. The highest BCUT2D eigenvalue weighted by molar-refractivity contribution is 5.83. The van der Waals surface area contributed by atoms with Crippen LogP contribution >= 0.6 is 0 Å². The molecule has 6 nitrogen and oxygen atoms in total. The molecule has 1 aliphatic rings. The van der Waals surface area contributed by atoms with Gasteiger partial charge in [0, 0.05) is 42.5 Å². The van der Waals surface area contributed by atoms with Crippen LogP contribution in [0.3, 0.4) is 0 Å². The number of aromatic amines is 2. The lowest BCUT2D eigenvalue weighted by Gasteiger charge is -2.31. The SMILES string of the molecule is Cc1nc([C@H]2CCCN(C(=O)CCCc3c[nH]c4ccccc34)C2)n[nH]1. The summed E-state index contributed by atoms with van der Waals surface area (Å²) in [6, 6.07) is 8.32. The summed E-state index contributed by atoms with van der Waals surface area (Å²) >= 11 is 0. The topological polar surface area (TPSA) is 77.7 Å². The number of para-hydroxylation sites is 1. The second-order valence-electron chi connectivity index (χ2n) is 7.17. The Morgan fingerprint density at radius 3 is 3.08 bits per heavy atom. The summed E-state index contributed by atoms with van der Waals surface area (Å²) < 4.78 is 0. The van der Waals surface area contributed by atoms with Crippen molar-refractivity contribution in [1.29, 1.82) is 0 Å². The number of nitrogens with one attached hydrogen (secondary N) is 2. The third-order valence-corrected chi connectivity index (χ3v) is 5.27. The van der Waals surface area contributed by atoms with E-state index < -0.39 is 0 Å². The van der Waals surface area contributed by atoms with Gasteiger partial charge in [-0.25, -0.2) is 4.98 Å². The van der Waals surface area contributed by atoms with Crippen molar-refractivity contribution in [2.45, 2.75) is 44.9 Å². The first-order valence-corrected chi connectivity index (χ1v) is 9.42. The van der Waals surface area contributed by atoms with E-state index in [0.717, 1.165) is 55.9 Å². The van der Waals surface area contributed by atoms with Gasteiger partial charge in [0.15, 0.2) is 5.82 Å². The molecule has 2 aromatic heterocycles. The first kappa shape index (κ1) is 16.8. The summed E-state index contributed by atoms with van der Waals surface area (Å²) in [5.41, 5.74) is 2.45. The van der Waals surface area contributed by atoms with Crippen LogP contribution in [0.15, 0.2) is 30.5 Å². The molecule has 1 atom stereocenters. The Morgan fingerprint density at radius 1 is 1.35 bits per heavy atom. The van der Waals surface area contributed by atoms with Gasteiger partial charge in [-0.1, -0.05) is 18.2 Å². The molecule has 6 heteroatoms. The van der Waals surface area contributed by atoms with Crippen molar-refractivity contribution in [1.82, 2.24) is 25.1 Å². The molecule has 2 N–H and O–H groups in total. The summed E-state index contributed by atoms with van der Waals surface area (Å²) in [5, 5.41) is 8.45. The molecule has 0 aliphatic carbocycles. The van der Waals surface area contributed by atoms with Crippen LogP contribution in [0, 0.1) is 6.92 Å². The van der Waals surface area contributed by atoms with E-state index in [9.17, 15) is 4.79 Å². The molecule has 1 fully saturated rings. The number of piperidine rings is 1. The summed E-state index contributed by atoms with van der Waals surface area (Å²) in [4.78, 5) is 22.4. The maximum absolute atomic E-state index is 12.6. The lowest BCUT2D eigenvalue weighted by Crippen LogP contribution is -2.39. The van der Waals surface area contributed by atoms with Crippen LogP contribution in [-0.2, 0) is 11.2 Å². The van der Waals surface area contributed by atoms with Crippen LogP contribution in [0.2, 0.25) is 0 Å². The van der Waals surface area contributed by atoms with Crippen molar-refractivity contribution in [3.8, 4) is 0 Å². The number of carbonyl (C=O) groups is 1. The summed E-state index contributed by atoms with van der Waals surface area (Å²) in [6.45, 7) is 3.50. The lowest BCUT2D eigenvalue weighted by molar-refractivity contribution is -0.132. The van der Waals surface area contributed by atoms with Crippen LogP contribution in [0.1, 0.15) is 48.8 Å². The zero-order valence-electron chi connectivity index (χ0n) is 15.2. The van der Waals surface area contributed by atoms with E-state index in [-0.39, 0.29) is 11.8 Å². The lowest BCUT2D eigenvalue weighted by atomic mass is 9.97. The van der Waals surface area contributed by atoms with Crippen molar-refractivity contribution in [3.63, 3.8) is 0 Å². The van der Waals surface area contributed by atoms with E-state index in [1.807, 2.05) is 17.9 Å². The molecule has 26 heavy (non-hydrogen) atoms. The number of likely N-dealkylation sites (tertiary alicyclic amines) is 1. The molecular formula is C20H25N5O. The molecule has 3 aromatic rings. The first-order chi connectivity index (χ1) is 12.7. The Kier molecular flexibility index (Phi) is 4.73. The van der Waals surface area contributed by atoms with Gasteiger partial charge in [-0.3, -0.25) is 9.89 Å². The van der Waals surface area contributed by atoms with Crippen molar-refractivity contribution >= 4 is 16.8 Å². The number of hydrogen-bond donors (Lipinski definition) is 2. The minimum atomic E-state index is 0.252. The molecule has 1 aromatic carbocycles. The Labute approximate surface area is 153 Å². The molecule has 136 valence electrons. The van der Waals surface area contributed by atoms with Crippen molar-refractivity contribution < 1.29 is 4.79 Å². The molecule has 1 amide bonds. The van der Waals surface area contributed by atoms with E-state index in [1.165, 1.54) is 10.9 Å². The minimum Gasteiger partial charge on any atom is -0.361 e. The van der Waals surface area contributed by atoms with Gasteiger partial charge in [-0.15, -0.1) is 0 Å². The third-order valence-electron chi connectivity index (χ3n) is 5.27. The van der Waals surface area contributed by atoms with E-state index in [0.29, 0.717) is 6.42 Å². The molecule has 4 rings (SSSR count). The highest BCUT2D eigenvalue weighted by Crippen LogP contribution is 2.25. The summed E-state index contributed by atoms with van der Waals surface area (Å²) in [5.74, 6) is 2.19. The fourth-order valence-electron chi connectivity index (χ4n) is 3.88. The Balaban J connectivity index is 1.31. The number of carbonyl (C=O) groups excluding carboxylic acids is 1. The quantitative estimate of drug-likeness (QED) is 0.740. The van der Waals surface area contributed by atoms with E-state index in [1.54, 1.807) is 0 Å². The van der Waals surface area contributed by atoms with E-state index in [2.05, 4.69) is 44.6 Å². The largest absolute Gasteiger partial charge is 0.361 e. The highest BCUT2D eigenvalue weighted by atomic mass is 16.2. The number of aryl methyl sites for hydroxylation is 2. The maximum atomic E-state index is 12.6. The number of hydrogen-bond acceptors (Lipinski definition) is 3. The number of amides is 1. The predicted molar refractivity (Wildman–Crippen MR) is 101 cm³/mol. The third kappa shape index (κ3) is 3.49. The average Bonchev–Trinajstić information content (AvgIpc) is 3.28. The number of aromatic nitrogens is 4. The predicted octanol–water partition coefficient (Wildman–Crippen LogP) is 3.32. The normalized spacial score (nSPS) is 17.7. The number of benzene rings is 1. The Bertz CT molecular complexity index is 896. The molecule has 3 heterocycles. The van der Waals surface area contributed by atoms with Crippen LogP contribution < -0.4 is 0 Å². The number of fused-ring (bicyclic) bond motifs is 1. The number of rotatable bonds is 5. The van der Waals surface area contributed by atoms with Gasteiger partial charge in [0.25, 0.3) is 0 Å². The van der Waals surface area contributed by atoms with Crippen LogP contribution in [0.4, 0.5) is 0 Å². The monoisotopic (exact) mass is 351 g/mol. The number of H-pyrrole nitrogens is 2. The molecule has 0 unspecified atom stereocenters. The molecular weight excluding hydrogens is 326 g/mol. The summed E-state index contributed by atoms with van der Waals surface area (Å²) in [7, 11) is 0. The average molecular weight is 351 g/mol. The van der Waals surface area contributed by atoms with E-state index in [4.69, 9.17) is 0 Å². The van der Waals surface area contributed by atoms with Crippen LogP contribution in [0.5, 0.6) is 0 Å². The summed E-state index contributed by atoms with van der Waals surface area (Å²) in [6.07, 6.45) is 6.54. The fourth-order valence-corrected chi connectivity index (χ4v) is 3.88. The van der Waals surface area contributed by atoms with Crippen molar-refractivity contribution in [2.24, 2.45) is 0 Å². The molecule has 1 saturated heterocycles. The van der Waals surface area contributed by atoms with Gasteiger partial charge in [-0.2, -0.15) is 5.10 Å². The zero-order valence-corrected chi connectivity index (χ0v) is 15.2. The van der Waals surface area contributed by atoms with Gasteiger partial charge < -0.3 is 9.88 Å². The zero-order chi connectivity index (χ0) is 17.9. The minimum absolute atomic E-state index is 0.252. The van der Waals surface area contributed by atoms with Crippen LogP contribution in [-0.4, -0.2) is 44.1 Å². The van der Waals surface area contributed by atoms with E-state index >= 15 is 0 Å². The molecule has 0 spiro atoms. The molecule has 0 saturated carbocycles. The van der Waals surface area contributed by atoms with Crippen molar-refractivity contribution in [3.05, 3.63) is 47.7 Å². The van der Waals surface area contributed by atoms with Gasteiger partial charge in [0.2, 0.25) is 5.91 Å². The van der Waals surface area contributed by atoms with Crippen molar-refractivity contribution in [2.75, 3.05) is 13.1 Å². The molecule has 1 aliphatic heterocycles. The standard InChI is InChI=1S/C20H25N5O/c1-14-22-20(24-23-14)16-7-5-11-25(13-16)19(26)10-4-6-15-12-21-18-9-3-2-8-17(15)18/h2-3,8-9,12,16,21H,4-7,10-11,13H2,1H3,(H,22,23,24)/t16-/m0/s1. The van der Waals surface area contributed by atoms with Gasteiger partial charge in [0.1, 0.15) is 5.82 Å². The highest BCUT2D eigenvalue weighted by Gasteiger charge is 2.26. The van der Waals surface area contributed by atoms with Gasteiger partial charge in [-0.05, 0) is 44.2 Å². The maximum Gasteiger partial charge on any atom is 0.222 e. The first-order valence-electron chi connectivity index (χ1n) is 9.42. The van der Waals surface area contributed by atoms with Crippen LogP contribution in [0.25, 0.3) is 10.9 Å². The Hall–Kier alpha value is -2.63. The molecule has 0 radical (unpaired) electrons. The van der Waals surface area contributed by atoms with Gasteiger partial charge >= 0.3 is 0 Å². The fraction of sp³-hybridized carbons (Fsp3) is 0.450.